The lowest BCUT2D eigenvalue weighted by molar-refractivity contribution is -0.0447. The number of nitrogens with zero attached hydrogens (tertiary/aromatic N) is 1. The number of piperidine rings is 1. The molecule has 2 atom stereocenters. The standard InChI is InChI=1S/C19H22N2O2S/c22-18(15-7-10-24-13-15)21-9-4-8-19(14-21)11-17(12-23-19)20-16-5-2-1-3-6-16/h1-3,5-7,10,13,17,20H,4,8-9,11-12,14H2/t17-,19-/m1/s1. The molecule has 0 aliphatic carbocycles. The molecule has 0 bridgehead atoms. The minimum absolute atomic E-state index is 0.137. The van der Waals surface area contributed by atoms with Crippen LogP contribution in [-0.4, -0.2) is 42.1 Å². The highest BCUT2D eigenvalue weighted by molar-refractivity contribution is 7.08. The molecule has 3 heterocycles. The number of nitrogens with one attached hydrogen (secondary N) is 1. The van der Waals surface area contributed by atoms with E-state index in [2.05, 4.69) is 17.4 Å². The van der Waals surface area contributed by atoms with E-state index < -0.39 is 0 Å². The normalized spacial score (nSPS) is 26.7. The number of benzene rings is 1. The summed E-state index contributed by atoms with van der Waals surface area (Å²) in [6, 6.07) is 12.5. The summed E-state index contributed by atoms with van der Waals surface area (Å²) in [5.41, 5.74) is 1.75. The van der Waals surface area contributed by atoms with E-state index in [4.69, 9.17) is 4.74 Å². The van der Waals surface area contributed by atoms with E-state index in [1.807, 2.05) is 39.9 Å². The fraction of sp³-hybridized carbons (Fsp3) is 0.421. The lowest BCUT2D eigenvalue weighted by atomic mass is 9.88. The van der Waals surface area contributed by atoms with E-state index >= 15 is 0 Å². The topological polar surface area (TPSA) is 41.6 Å². The number of rotatable bonds is 3. The number of likely N-dealkylation sites (tertiary alicyclic amines) is 1. The molecule has 1 N–H and O–H groups in total. The Morgan fingerprint density at radius 1 is 1.29 bits per heavy atom. The summed E-state index contributed by atoms with van der Waals surface area (Å²) in [4.78, 5) is 14.6. The van der Waals surface area contributed by atoms with Gasteiger partial charge in [0.05, 0.1) is 30.4 Å². The first kappa shape index (κ1) is 15.7. The third-order valence-corrected chi connectivity index (χ3v) is 5.63. The summed E-state index contributed by atoms with van der Waals surface area (Å²) < 4.78 is 6.21. The van der Waals surface area contributed by atoms with Crippen molar-refractivity contribution in [1.82, 2.24) is 4.90 Å². The molecule has 1 amide bonds. The third-order valence-electron chi connectivity index (χ3n) is 4.95. The van der Waals surface area contributed by atoms with E-state index in [9.17, 15) is 4.79 Å². The molecule has 4 nitrogen and oxygen atoms in total. The van der Waals surface area contributed by atoms with Crippen LogP contribution in [0.15, 0.2) is 47.2 Å². The summed E-state index contributed by atoms with van der Waals surface area (Å²) >= 11 is 1.57. The van der Waals surface area contributed by atoms with Crippen LogP contribution in [0.25, 0.3) is 0 Å². The van der Waals surface area contributed by atoms with Gasteiger partial charge in [0.1, 0.15) is 0 Å². The van der Waals surface area contributed by atoms with Crippen molar-refractivity contribution in [2.45, 2.75) is 30.9 Å². The number of ether oxygens (including phenoxy) is 1. The van der Waals surface area contributed by atoms with Crippen LogP contribution in [0.3, 0.4) is 0 Å². The molecular weight excluding hydrogens is 320 g/mol. The highest BCUT2D eigenvalue weighted by Crippen LogP contribution is 2.36. The van der Waals surface area contributed by atoms with Gasteiger partial charge in [-0.2, -0.15) is 11.3 Å². The fourth-order valence-corrected chi connectivity index (χ4v) is 4.46. The molecule has 2 aliphatic heterocycles. The van der Waals surface area contributed by atoms with E-state index in [1.165, 1.54) is 0 Å². The average molecular weight is 342 g/mol. The van der Waals surface area contributed by atoms with Crippen molar-refractivity contribution in [1.29, 1.82) is 0 Å². The first-order valence-electron chi connectivity index (χ1n) is 8.51. The molecule has 1 spiro atoms. The van der Waals surface area contributed by atoms with Gasteiger partial charge >= 0.3 is 0 Å². The number of hydrogen-bond acceptors (Lipinski definition) is 4. The van der Waals surface area contributed by atoms with Gasteiger partial charge in [-0.1, -0.05) is 18.2 Å². The maximum absolute atomic E-state index is 12.6. The fourth-order valence-electron chi connectivity index (χ4n) is 3.83. The van der Waals surface area contributed by atoms with Gasteiger partial charge in [0, 0.05) is 24.0 Å². The van der Waals surface area contributed by atoms with Crippen molar-refractivity contribution in [3.8, 4) is 0 Å². The first-order valence-corrected chi connectivity index (χ1v) is 9.45. The molecule has 0 radical (unpaired) electrons. The van der Waals surface area contributed by atoms with Crippen LogP contribution in [-0.2, 0) is 4.74 Å². The van der Waals surface area contributed by atoms with Crippen LogP contribution in [0.2, 0.25) is 0 Å². The van der Waals surface area contributed by atoms with E-state index in [1.54, 1.807) is 11.3 Å². The van der Waals surface area contributed by atoms with Crippen LogP contribution < -0.4 is 5.32 Å². The predicted molar refractivity (Wildman–Crippen MR) is 96.6 cm³/mol. The SMILES string of the molecule is O=C(c1ccsc1)N1CCC[C@@]2(C[C@@H](Nc3ccccc3)CO2)C1. The first-order chi connectivity index (χ1) is 11.7. The van der Waals surface area contributed by atoms with E-state index in [-0.39, 0.29) is 11.5 Å². The summed E-state index contributed by atoms with van der Waals surface area (Å²) in [6.45, 7) is 2.24. The monoisotopic (exact) mass is 342 g/mol. The molecular formula is C19H22N2O2S. The maximum atomic E-state index is 12.6. The molecule has 2 aliphatic rings. The van der Waals surface area contributed by atoms with Crippen molar-refractivity contribution in [2.24, 2.45) is 0 Å². The molecule has 5 heteroatoms. The van der Waals surface area contributed by atoms with Crippen molar-refractivity contribution >= 4 is 22.9 Å². The minimum atomic E-state index is -0.184. The Morgan fingerprint density at radius 2 is 2.17 bits per heavy atom. The second-order valence-corrected chi connectivity index (χ2v) is 7.53. The molecule has 126 valence electrons. The van der Waals surface area contributed by atoms with Crippen molar-refractivity contribution in [2.75, 3.05) is 25.0 Å². The predicted octanol–water partition coefficient (Wildman–Crippen LogP) is 3.62. The van der Waals surface area contributed by atoms with E-state index in [0.717, 1.165) is 37.1 Å². The number of anilines is 1. The second-order valence-electron chi connectivity index (χ2n) is 6.75. The Hall–Kier alpha value is -1.85. The van der Waals surface area contributed by atoms with Crippen molar-refractivity contribution in [3.63, 3.8) is 0 Å². The van der Waals surface area contributed by atoms with Crippen molar-refractivity contribution in [3.05, 3.63) is 52.7 Å². The van der Waals surface area contributed by atoms with Crippen LogP contribution >= 0.6 is 11.3 Å². The number of para-hydroxylation sites is 1. The molecule has 0 unspecified atom stereocenters. The number of thiophene rings is 1. The summed E-state index contributed by atoms with van der Waals surface area (Å²) in [5, 5.41) is 7.44. The zero-order valence-corrected chi connectivity index (χ0v) is 14.4. The molecule has 0 saturated carbocycles. The Morgan fingerprint density at radius 3 is 2.96 bits per heavy atom. The van der Waals surface area contributed by atoms with Gasteiger partial charge in [0.15, 0.2) is 0 Å². The van der Waals surface area contributed by atoms with Gasteiger partial charge in [0.2, 0.25) is 0 Å². The van der Waals surface area contributed by atoms with Gasteiger partial charge in [-0.25, -0.2) is 0 Å². The number of carbonyl (C=O) groups is 1. The van der Waals surface area contributed by atoms with Crippen LogP contribution in [0, 0.1) is 0 Å². The Labute approximate surface area is 146 Å². The molecule has 1 aromatic heterocycles. The average Bonchev–Trinajstić information content (AvgIpc) is 3.26. The number of amides is 1. The minimum Gasteiger partial charge on any atom is -0.380 e. The summed E-state index contributed by atoms with van der Waals surface area (Å²) in [6.07, 6.45) is 3.00. The largest absolute Gasteiger partial charge is 0.380 e. The highest BCUT2D eigenvalue weighted by atomic mass is 32.1. The zero-order chi connectivity index (χ0) is 16.4. The van der Waals surface area contributed by atoms with Gasteiger partial charge in [-0.3, -0.25) is 4.79 Å². The van der Waals surface area contributed by atoms with Crippen LogP contribution in [0.4, 0.5) is 5.69 Å². The van der Waals surface area contributed by atoms with Gasteiger partial charge in [-0.15, -0.1) is 0 Å². The quantitative estimate of drug-likeness (QED) is 0.926. The molecule has 4 rings (SSSR count). The Kier molecular flexibility index (Phi) is 4.29. The van der Waals surface area contributed by atoms with Crippen LogP contribution in [0.5, 0.6) is 0 Å². The van der Waals surface area contributed by atoms with Crippen molar-refractivity contribution < 1.29 is 9.53 Å². The molecule has 2 saturated heterocycles. The number of carbonyl (C=O) groups excluding carboxylic acids is 1. The molecule has 24 heavy (non-hydrogen) atoms. The molecule has 1 aromatic carbocycles. The Bertz CT molecular complexity index is 689. The summed E-state index contributed by atoms with van der Waals surface area (Å²) in [5.74, 6) is 0.137. The highest BCUT2D eigenvalue weighted by Gasteiger charge is 2.44. The smallest absolute Gasteiger partial charge is 0.254 e. The van der Waals surface area contributed by atoms with Gasteiger partial charge in [-0.05, 0) is 36.4 Å². The van der Waals surface area contributed by atoms with Gasteiger partial charge in [0.25, 0.3) is 5.91 Å². The summed E-state index contributed by atoms with van der Waals surface area (Å²) in [7, 11) is 0. The molecule has 2 fully saturated rings. The molecule has 2 aromatic rings. The lowest BCUT2D eigenvalue weighted by Gasteiger charge is -2.39. The van der Waals surface area contributed by atoms with Crippen LogP contribution in [0.1, 0.15) is 29.6 Å². The zero-order valence-electron chi connectivity index (χ0n) is 13.6. The van der Waals surface area contributed by atoms with E-state index in [0.29, 0.717) is 19.2 Å². The van der Waals surface area contributed by atoms with Gasteiger partial charge < -0.3 is 15.0 Å². The maximum Gasteiger partial charge on any atom is 0.254 e. The third kappa shape index (κ3) is 3.19. The second kappa shape index (κ2) is 6.57. The lowest BCUT2D eigenvalue weighted by Crippen LogP contribution is -2.50. The number of hydrogen-bond donors (Lipinski definition) is 1. The Balaban J connectivity index is 1.41.